The number of amides is 1. The van der Waals surface area contributed by atoms with Crippen LogP contribution < -0.4 is 10.1 Å². The van der Waals surface area contributed by atoms with Crippen LogP contribution in [0.2, 0.25) is 5.02 Å². The van der Waals surface area contributed by atoms with Gasteiger partial charge in [-0.1, -0.05) is 17.7 Å². The van der Waals surface area contributed by atoms with Gasteiger partial charge in [0, 0.05) is 24.0 Å². The van der Waals surface area contributed by atoms with Crippen LogP contribution in [0.1, 0.15) is 16.7 Å². The summed E-state index contributed by atoms with van der Waals surface area (Å²) in [6, 6.07) is 7.38. The standard InChI is InChI=1S/C16H17ClN2O2/c1-11-6-14(7-12(2)16(11)17)21-10-15(20)19-9-13-4-3-5-18-8-13/h3-8H,9-10H2,1-2H3,(H,19,20). The summed E-state index contributed by atoms with van der Waals surface area (Å²) in [4.78, 5) is 15.7. The van der Waals surface area contributed by atoms with Crippen LogP contribution in [0.15, 0.2) is 36.7 Å². The van der Waals surface area contributed by atoms with Gasteiger partial charge in [-0.3, -0.25) is 9.78 Å². The van der Waals surface area contributed by atoms with Gasteiger partial charge < -0.3 is 10.1 Å². The SMILES string of the molecule is Cc1cc(OCC(=O)NCc2cccnc2)cc(C)c1Cl. The molecule has 0 bridgehead atoms. The van der Waals surface area contributed by atoms with Crippen LogP contribution in [0, 0.1) is 13.8 Å². The number of aryl methyl sites for hydroxylation is 2. The molecule has 0 aliphatic carbocycles. The molecule has 0 fully saturated rings. The highest BCUT2D eigenvalue weighted by molar-refractivity contribution is 6.32. The van der Waals surface area contributed by atoms with E-state index in [-0.39, 0.29) is 12.5 Å². The highest BCUT2D eigenvalue weighted by atomic mass is 35.5. The number of hydrogen-bond donors (Lipinski definition) is 1. The minimum Gasteiger partial charge on any atom is -0.484 e. The van der Waals surface area contributed by atoms with Gasteiger partial charge in [-0.05, 0) is 48.7 Å². The monoisotopic (exact) mass is 304 g/mol. The molecule has 110 valence electrons. The van der Waals surface area contributed by atoms with E-state index in [0.29, 0.717) is 12.3 Å². The lowest BCUT2D eigenvalue weighted by Gasteiger charge is -2.10. The molecule has 0 radical (unpaired) electrons. The van der Waals surface area contributed by atoms with Crippen molar-refractivity contribution in [2.75, 3.05) is 6.61 Å². The smallest absolute Gasteiger partial charge is 0.258 e. The maximum Gasteiger partial charge on any atom is 0.258 e. The molecule has 1 aromatic carbocycles. The Hall–Kier alpha value is -2.07. The molecular weight excluding hydrogens is 288 g/mol. The highest BCUT2D eigenvalue weighted by Crippen LogP contribution is 2.25. The van der Waals surface area contributed by atoms with Crippen LogP contribution in [0.5, 0.6) is 5.75 Å². The number of carbonyl (C=O) groups excluding carboxylic acids is 1. The zero-order valence-electron chi connectivity index (χ0n) is 12.0. The van der Waals surface area contributed by atoms with Gasteiger partial charge in [-0.25, -0.2) is 0 Å². The minimum absolute atomic E-state index is 0.0270. The average Bonchev–Trinajstić information content (AvgIpc) is 2.49. The summed E-state index contributed by atoms with van der Waals surface area (Å²) in [6.07, 6.45) is 3.41. The van der Waals surface area contributed by atoms with Crippen molar-refractivity contribution >= 4 is 17.5 Å². The molecule has 5 heteroatoms. The number of nitrogens with zero attached hydrogens (tertiary/aromatic N) is 1. The fourth-order valence-corrected chi connectivity index (χ4v) is 2.00. The van der Waals surface area contributed by atoms with Gasteiger partial charge in [0.15, 0.2) is 6.61 Å². The summed E-state index contributed by atoms with van der Waals surface area (Å²) in [5, 5.41) is 3.51. The quantitative estimate of drug-likeness (QED) is 0.923. The maximum absolute atomic E-state index is 11.7. The van der Waals surface area contributed by atoms with Crippen LogP contribution >= 0.6 is 11.6 Å². The average molecular weight is 305 g/mol. The molecule has 0 aliphatic heterocycles. The van der Waals surface area contributed by atoms with E-state index in [2.05, 4.69) is 10.3 Å². The lowest BCUT2D eigenvalue weighted by Crippen LogP contribution is -2.28. The third-order valence-corrected chi connectivity index (χ3v) is 3.59. The number of halogens is 1. The largest absolute Gasteiger partial charge is 0.484 e. The molecule has 0 saturated heterocycles. The van der Waals surface area contributed by atoms with Crippen molar-refractivity contribution in [1.82, 2.24) is 10.3 Å². The van der Waals surface area contributed by atoms with Gasteiger partial charge in [-0.2, -0.15) is 0 Å². The normalized spacial score (nSPS) is 10.2. The highest BCUT2D eigenvalue weighted by Gasteiger charge is 2.06. The van der Waals surface area contributed by atoms with Crippen molar-refractivity contribution in [2.24, 2.45) is 0 Å². The Labute approximate surface area is 129 Å². The number of ether oxygens (including phenoxy) is 1. The predicted octanol–water partition coefficient (Wildman–Crippen LogP) is 3.05. The van der Waals surface area contributed by atoms with Crippen molar-refractivity contribution in [1.29, 1.82) is 0 Å². The van der Waals surface area contributed by atoms with E-state index < -0.39 is 0 Å². The first-order chi connectivity index (χ1) is 10.1. The summed E-state index contributed by atoms with van der Waals surface area (Å²) in [6.45, 7) is 4.23. The van der Waals surface area contributed by atoms with Gasteiger partial charge in [-0.15, -0.1) is 0 Å². The fraction of sp³-hybridized carbons (Fsp3) is 0.250. The number of nitrogens with one attached hydrogen (secondary N) is 1. The molecule has 2 aromatic rings. The lowest BCUT2D eigenvalue weighted by molar-refractivity contribution is -0.123. The van der Waals surface area contributed by atoms with E-state index in [4.69, 9.17) is 16.3 Å². The Morgan fingerprint density at radius 3 is 2.67 bits per heavy atom. The molecule has 1 aromatic heterocycles. The Bertz CT molecular complexity index is 606. The molecule has 0 unspecified atom stereocenters. The summed E-state index contributed by atoms with van der Waals surface area (Å²) in [5.74, 6) is 0.468. The van der Waals surface area contributed by atoms with Crippen molar-refractivity contribution in [3.8, 4) is 5.75 Å². The second kappa shape index (κ2) is 7.09. The summed E-state index contributed by atoms with van der Waals surface area (Å²) < 4.78 is 5.49. The number of carbonyl (C=O) groups is 1. The van der Waals surface area contributed by atoms with E-state index in [1.54, 1.807) is 12.4 Å². The van der Waals surface area contributed by atoms with Crippen molar-refractivity contribution < 1.29 is 9.53 Å². The third kappa shape index (κ3) is 4.46. The van der Waals surface area contributed by atoms with E-state index in [1.807, 2.05) is 38.1 Å². The van der Waals surface area contributed by atoms with Gasteiger partial charge in [0.25, 0.3) is 5.91 Å². The van der Waals surface area contributed by atoms with E-state index in [0.717, 1.165) is 21.7 Å². The molecule has 2 rings (SSSR count). The maximum atomic E-state index is 11.7. The minimum atomic E-state index is -0.177. The van der Waals surface area contributed by atoms with Gasteiger partial charge >= 0.3 is 0 Å². The van der Waals surface area contributed by atoms with E-state index in [1.165, 1.54) is 0 Å². The summed E-state index contributed by atoms with van der Waals surface area (Å²) >= 11 is 6.09. The first-order valence-electron chi connectivity index (χ1n) is 6.61. The second-order valence-electron chi connectivity index (χ2n) is 4.80. The fourth-order valence-electron chi connectivity index (χ4n) is 1.89. The zero-order valence-corrected chi connectivity index (χ0v) is 12.8. The summed E-state index contributed by atoms with van der Waals surface area (Å²) in [7, 11) is 0. The topological polar surface area (TPSA) is 51.2 Å². The van der Waals surface area contributed by atoms with Gasteiger partial charge in [0.2, 0.25) is 0 Å². The van der Waals surface area contributed by atoms with Gasteiger partial charge in [0.1, 0.15) is 5.75 Å². The van der Waals surface area contributed by atoms with E-state index in [9.17, 15) is 4.79 Å². The van der Waals surface area contributed by atoms with Crippen LogP contribution in [-0.4, -0.2) is 17.5 Å². The Kier molecular flexibility index (Phi) is 5.17. The lowest BCUT2D eigenvalue weighted by atomic mass is 10.1. The van der Waals surface area contributed by atoms with Crippen molar-refractivity contribution in [2.45, 2.75) is 20.4 Å². The molecule has 1 amide bonds. The molecule has 0 spiro atoms. The van der Waals surface area contributed by atoms with Crippen LogP contribution in [0.25, 0.3) is 0 Å². The Morgan fingerprint density at radius 2 is 2.05 bits per heavy atom. The molecule has 0 aliphatic rings. The van der Waals surface area contributed by atoms with Crippen molar-refractivity contribution in [3.63, 3.8) is 0 Å². The molecule has 1 N–H and O–H groups in total. The van der Waals surface area contributed by atoms with Crippen molar-refractivity contribution in [3.05, 3.63) is 58.4 Å². The number of hydrogen-bond acceptors (Lipinski definition) is 3. The Balaban J connectivity index is 1.84. The zero-order chi connectivity index (χ0) is 15.2. The predicted molar refractivity (Wildman–Crippen MR) is 82.5 cm³/mol. The third-order valence-electron chi connectivity index (χ3n) is 2.99. The first-order valence-corrected chi connectivity index (χ1v) is 6.99. The first kappa shape index (κ1) is 15.3. The van der Waals surface area contributed by atoms with Crippen LogP contribution in [0.4, 0.5) is 0 Å². The van der Waals surface area contributed by atoms with Crippen LogP contribution in [0.3, 0.4) is 0 Å². The Morgan fingerprint density at radius 1 is 1.33 bits per heavy atom. The molecule has 0 saturated carbocycles. The van der Waals surface area contributed by atoms with E-state index >= 15 is 0 Å². The number of benzene rings is 1. The molecule has 1 heterocycles. The number of pyridine rings is 1. The van der Waals surface area contributed by atoms with Crippen LogP contribution in [-0.2, 0) is 11.3 Å². The molecule has 0 atom stereocenters. The number of rotatable bonds is 5. The molecule has 21 heavy (non-hydrogen) atoms. The number of aromatic nitrogens is 1. The molecular formula is C16H17ClN2O2. The van der Waals surface area contributed by atoms with Gasteiger partial charge in [0.05, 0.1) is 0 Å². The molecule has 4 nitrogen and oxygen atoms in total. The summed E-state index contributed by atoms with van der Waals surface area (Å²) in [5.41, 5.74) is 2.81. The second-order valence-corrected chi connectivity index (χ2v) is 5.18.